The van der Waals surface area contributed by atoms with Crippen molar-refractivity contribution >= 4 is 12.1 Å². The molecule has 0 bridgehead atoms. The Balaban J connectivity index is 1.98. The molecule has 3 rings (SSSR count). The van der Waals surface area contributed by atoms with E-state index in [1.165, 1.54) is 12.8 Å². The lowest BCUT2D eigenvalue weighted by atomic mass is 10.2. The molecule has 3 heteroatoms. The molecule has 2 unspecified atom stereocenters. The van der Waals surface area contributed by atoms with Gasteiger partial charge >= 0.3 is 0 Å². The molecule has 0 aromatic carbocycles. The van der Waals surface area contributed by atoms with Gasteiger partial charge in [-0.15, -0.1) is 0 Å². The Kier molecular flexibility index (Phi) is 1.60. The van der Waals surface area contributed by atoms with Crippen molar-refractivity contribution in [1.29, 1.82) is 0 Å². The number of carbonyl (C=O) groups is 1. The summed E-state index contributed by atoms with van der Waals surface area (Å²) in [4.78, 5) is 17.4. The summed E-state index contributed by atoms with van der Waals surface area (Å²) in [6, 6.07) is 4.32. The third-order valence-corrected chi connectivity index (χ3v) is 3.24. The van der Waals surface area contributed by atoms with Crippen LogP contribution in [-0.4, -0.2) is 23.9 Å². The summed E-state index contributed by atoms with van der Waals surface area (Å²) in [5.74, 6) is 1.75. The second-order valence-electron chi connectivity index (χ2n) is 4.08. The minimum absolute atomic E-state index is 0.670. The Morgan fingerprint density at radius 2 is 2.50 bits per heavy atom. The van der Waals surface area contributed by atoms with Crippen LogP contribution in [0.5, 0.6) is 0 Å². The van der Waals surface area contributed by atoms with Gasteiger partial charge in [0.2, 0.25) is 0 Å². The highest BCUT2D eigenvalue weighted by atomic mass is 16.1. The maximum Gasteiger partial charge on any atom is 0.153 e. The van der Waals surface area contributed by atoms with Crippen LogP contribution >= 0.6 is 0 Å². The number of carbonyl (C=O) groups excluding carboxylic acids is 1. The highest BCUT2D eigenvalue weighted by Crippen LogP contribution is 2.46. The van der Waals surface area contributed by atoms with E-state index in [2.05, 4.69) is 9.88 Å². The van der Waals surface area contributed by atoms with Crippen molar-refractivity contribution in [3.8, 4) is 0 Å². The van der Waals surface area contributed by atoms with Crippen LogP contribution < -0.4 is 4.90 Å². The number of piperidine rings is 1. The first-order valence-corrected chi connectivity index (χ1v) is 5.07. The van der Waals surface area contributed by atoms with Crippen molar-refractivity contribution in [3.63, 3.8) is 0 Å². The summed E-state index contributed by atoms with van der Waals surface area (Å²) < 4.78 is 0. The lowest BCUT2D eigenvalue weighted by molar-refractivity contribution is 0.112. The Labute approximate surface area is 82.8 Å². The maximum atomic E-state index is 10.8. The molecule has 0 spiro atoms. The van der Waals surface area contributed by atoms with Crippen LogP contribution in [0.25, 0.3) is 0 Å². The number of fused-ring (bicyclic) bond motifs is 1. The van der Waals surface area contributed by atoms with Crippen LogP contribution in [-0.2, 0) is 0 Å². The van der Waals surface area contributed by atoms with Crippen molar-refractivity contribution in [2.75, 3.05) is 11.4 Å². The standard InChI is InChI=1S/C11H12N2O/c14-7-9-2-1-4-12-11(9)13-5-3-8-6-10(8)13/h1-2,4,7-8,10H,3,5-6H2. The van der Waals surface area contributed by atoms with Crippen LogP contribution in [0.4, 0.5) is 5.82 Å². The van der Waals surface area contributed by atoms with Crippen molar-refractivity contribution in [3.05, 3.63) is 23.9 Å². The molecule has 1 aliphatic heterocycles. The Morgan fingerprint density at radius 1 is 1.57 bits per heavy atom. The van der Waals surface area contributed by atoms with Gasteiger partial charge in [0.25, 0.3) is 0 Å². The van der Waals surface area contributed by atoms with E-state index >= 15 is 0 Å². The summed E-state index contributed by atoms with van der Waals surface area (Å²) in [7, 11) is 0. The highest BCUT2D eigenvalue weighted by Gasteiger charge is 2.47. The lowest BCUT2D eigenvalue weighted by Gasteiger charge is -2.20. The van der Waals surface area contributed by atoms with Gasteiger partial charge in [-0.1, -0.05) is 0 Å². The van der Waals surface area contributed by atoms with Crippen molar-refractivity contribution in [1.82, 2.24) is 4.98 Å². The molecule has 2 heterocycles. The third-order valence-electron chi connectivity index (χ3n) is 3.24. The van der Waals surface area contributed by atoms with Gasteiger partial charge in [0.05, 0.1) is 5.56 Å². The molecule has 1 saturated heterocycles. The molecule has 72 valence electrons. The quantitative estimate of drug-likeness (QED) is 0.659. The van der Waals surface area contributed by atoms with Crippen LogP contribution in [0.1, 0.15) is 23.2 Å². The van der Waals surface area contributed by atoms with E-state index in [9.17, 15) is 4.79 Å². The smallest absolute Gasteiger partial charge is 0.153 e. The summed E-state index contributed by atoms with van der Waals surface area (Å²) >= 11 is 0. The molecule has 1 aliphatic carbocycles. The van der Waals surface area contributed by atoms with Crippen LogP contribution in [0, 0.1) is 5.92 Å². The maximum absolute atomic E-state index is 10.8. The van der Waals surface area contributed by atoms with E-state index in [4.69, 9.17) is 0 Å². The van der Waals surface area contributed by atoms with E-state index in [0.29, 0.717) is 6.04 Å². The van der Waals surface area contributed by atoms with Gasteiger partial charge in [-0.2, -0.15) is 0 Å². The lowest BCUT2D eigenvalue weighted by Crippen LogP contribution is -2.24. The SMILES string of the molecule is O=Cc1cccnc1N1CCC2CC21. The van der Waals surface area contributed by atoms with Gasteiger partial charge in [0, 0.05) is 18.8 Å². The van der Waals surface area contributed by atoms with Gasteiger partial charge in [0.1, 0.15) is 5.82 Å². The van der Waals surface area contributed by atoms with Gasteiger partial charge in [-0.3, -0.25) is 4.79 Å². The molecular formula is C11H12N2O. The number of hydrogen-bond acceptors (Lipinski definition) is 3. The number of nitrogens with zero attached hydrogens (tertiary/aromatic N) is 2. The van der Waals surface area contributed by atoms with E-state index < -0.39 is 0 Å². The molecule has 1 aromatic rings. The zero-order valence-corrected chi connectivity index (χ0v) is 7.89. The van der Waals surface area contributed by atoms with Crippen LogP contribution in [0.2, 0.25) is 0 Å². The molecule has 1 saturated carbocycles. The zero-order chi connectivity index (χ0) is 9.54. The minimum atomic E-state index is 0.670. The summed E-state index contributed by atoms with van der Waals surface area (Å²) in [6.07, 6.45) is 5.21. The van der Waals surface area contributed by atoms with Gasteiger partial charge < -0.3 is 4.90 Å². The fourth-order valence-electron chi connectivity index (χ4n) is 2.40. The van der Waals surface area contributed by atoms with Gasteiger partial charge in [0.15, 0.2) is 6.29 Å². The molecule has 2 atom stereocenters. The number of pyridine rings is 1. The summed E-state index contributed by atoms with van der Waals surface area (Å²) in [6.45, 7) is 1.06. The molecule has 2 aliphatic rings. The molecule has 0 radical (unpaired) electrons. The topological polar surface area (TPSA) is 33.2 Å². The van der Waals surface area contributed by atoms with Crippen molar-refractivity contribution < 1.29 is 4.79 Å². The van der Waals surface area contributed by atoms with Crippen LogP contribution in [0.3, 0.4) is 0 Å². The molecule has 14 heavy (non-hydrogen) atoms. The molecule has 0 amide bonds. The Hall–Kier alpha value is -1.38. The fraction of sp³-hybridized carbons (Fsp3) is 0.455. The largest absolute Gasteiger partial charge is 0.353 e. The number of aromatic nitrogens is 1. The van der Waals surface area contributed by atoms with Crippen molar-refractivity contribution in [2.24, 2.45) is 5.92 Å². The van der Waals surface area contributed by atoms with Crippen LogP contribution in [0.15, 0.2) is 18.3 Å². The average Bonchev–Trinajstić information content (AvgIpc) is 2.91. The molecule has 2 fully saturated rings. The minimum Gasteiger partial charge on any atom is -0.353 e. The first kappa shape index (κ1) is 7.97. The number of rotatable bonds is 2. The van der Waals surface area contributed by atoms with Crippen molar-refractivity contribution in [2.45, 2.75) is 18.9 Å². The van der Waals surface area contributed by atoms with E-state index in [1.807, 2.05) is 12.1 Å². The van der Waals surface area contributed by atoms with E-state index in [-0.39, 0.29) is 0 Å². The number of hydrogen-bond donors (Lipinski definition) is 0. The predicted octanol–water partition coefficient (Wildman–Crippen LogP) is 1.49. The Morgan fingerprint density at radius 3 is 3.14 bits per heavy atom. The van der Waals surface area contributed by atoms with Gasteiger partial charge in [-0.05, 0) is 30.9 Å². The predicted molar refractivity (Wildman–Crippen MR) is 53.5 cm³/mol. The third kappa shape index (κ3) is 1.05. The second-order valence-corrected chi connectivity index (χ2v) is 4.08. The molecule has 1 aromatic heterocycles. The summed E-state index contributed by atoms with van der Waals surface area (Å²) in [5, 5.41) is 0. The van der Waals surface area contributed by atoms with Gasteiger partial charge in [-0.25, -0.2) is 4.98 Å². The Bertz CT molecular complexity index is 377. The molecule has 0 N–H and O–H groups in total. The molecular weight excluding hydrogens is 176 g/mol. The number of aldehydes is 1. The highest BCUT2D eigenvalue weighted by molar-refractivity contribution is 5.83. The zero-order valence-electron chi connectivity index (χ0n) is 7.89. The van der Waals surface area contributed by atoms with E-state index in [0.717, 1.165) is 30.1 Å². The second kappa shape index (κ2) is 2.80. The average molecular weight is 188 g/mol. The first-order valence-electron chi connectivity index (χ1n) is 5.07. The summed E-state index contributed by atoms with van der Waals surface area (Å²) in [5.41, 5.74) is 0.722. The fourth-order valence-corrected chi connectivity index (χ4v) is 2.40. The number of anilines is 1. The first-order chi connectivity index (χ1) is 6.90. The molecule has 3 nitrogen and oxygen atoms in total. The normalized spacial score (nSPS) is 28.7. The monoisotopic (exact) mass is 188 g/mol. The van der Waals surface area contributed by atoms with E-state index in [1.54, 1.807) is 6.20 Å².